The first-order valence-electron chi connectivity index (χ1n) is 8.70. The average molecular weight is 328 g/mol. The average Bonchev–Trinajstić information content (AvgIpc) is 2.59. The molecule has 0 fully saturated rings. The fourth-order valence-corrected chi connectivity index (χ4v) is 2.33. The molecule has 0 bridgehead atoms. The molecule has 2 rings (SSSR count). The molecule has 0 saturated heterocycles. The molecule has 0 aliphatic heterocycles. The molecule has 0 spiro atoms. The van der Waals surface area contributed by atoms with Gasteiger partial charge in [0.2, 0.25) is 0 Å². The van der Waals surface area contributed by atoms with E-state index in [1.54, 1.807) is 0 Å². The van der Waals surface area contributed by atoms with Gasteiger partial charge in [-0.05, 0) is 48.2 Å². The molecule has 4 N–H and O–H groups in total. The van der Waals surface area contributed by atoms with Gasteiger partial charge in [-0.3, -0.25) is 0 Å². The molecule has 0 aromatic heterocycles. The number of nitrogen functional groups attached to an aromatic ring is 2. The van der Waals surface area contributed by atoms with Crippen LogP contribution >= 0.6 is 0 Å². The van der Waals surface area contributed by atoms with Gasteiger partial charge in [0.05, 0.1) is 24.6 Å². The molecule has 130 valence electrons. The van der Waals surface area contributed by atoms with Crippen molar-refractivity contribution in [2.24, 2.45) is 0 Å². The molecular weight excluding hydrogens is 300 g/mol. The minimum Gasteiger partial charge on any atom is -0.491 e. The molecule has 0 saturated carbocycles. The van der Waals surface area contributed by atoms with E-state index in [2.05, 4.69) is 13.8 Å². The van der Waals surface area contributed by atoms with Crippen molar-refractivity contribution in [2.75, 3.05) is 24.7 Å². The van der Waals surface area contributed by atoms with Crippen molar-refractivity contribution >= 4 is 11.4 Å². The summed E-state index contributed by atoms with van der Waals surface area (Å²) in [5.74, 6) is 1.46. The number of ether oxygens (including phenoxy) is 2. The van der Waals surface area contributed by atoms with Crippen LogP contribution in [-0.2, 0) is 0 Å². The van der Waals surface area contributed by atoms with Crippen LogP contribution in [0.3, 0.4) is 0 Å². The molecule has 4 nitrogen and oxygen atoms in total. The van der Waals surface area contributed by atoms with Crippen LogP contribution in [0.1, 0.15) is 39.5 Å². The van der Waals surface area contributed by atoms with Gasteiger partial charge < -0.3 is 20.9 Å². The summed E-state index contributed by atoms with van der Waals surface area (Å²) in [6.45, 7) is 5.63. The Morgan fingerprint density at radius 3 is 1.50 bits per heavy atom. The van der Waals surface area contributed by atoms with Crippen LogP contribution in [0.25, 0.3) is 11.1 Å². The van der Waals surface area contributed by atoms with Gasteiger partial charge in [0.25, 0.3) is 0 Å². The lowest BCUT2D eigenvalue weighted by Crippen LogP contribution is -2.01. The van der Waals surface area contributed by atoms with Gasteiger partial charge in [0, 0.05) is 0 Å². The summed E-state index contributed by atoms with van der Waals surface area (Å²) in [6.07, 6.45) is 4.22. The maximum atomic E-state index is 6.02. The summed E-state index contributed by atoms with van der Waals surface area (Å²) >= 11 is 0. The summed E-state index contributed by atoms with van der Waals surface area (Å²) in [7, 11) is 0. The molecule has 0 heterocycles. The Bertz CT molecular complexity index is 599. The predicted octanol–water partition coefficient (Wildman–Crippen LogP) is 4.88. The highest BCUT2D eigenvalue weighted by atomic mass is 16.5. The lowest BCUT2D eigenvalue weighted by Gasteiger charge is -2.13. The van der Waals surface area contributed by atoms with Gasteiger partial charge in [-0.1, -0.05) is 38.8 Å². The summed E-state index contributed by atoms with van der Waals surface area (Å²) in [5, 5.41) is 0. The zero-order chi connectivity index (χ0) is 17.4. The standard InChI is InChI=1S/C20H28N2O2/c1-3-5-11-23-19-13-15(7-9-17(19)21)16-8-10-18(22)20(14-16)24-12-6-4-2/h7-10,13-14H,3-6,11-12,21-22H2,1-2H3. The Balaban J connectivity index is 2.21. The fraction of sp³-hybridized carbons (Fsp3) is 0.400. The SMILES string of the molecule is CCCCOc1cc(-c2ccc(N)c(OCCCC)c2)ccc1N. The molecule has 2 aromatic rings. The van der Waals surface area contributed by atoms with E-state index in [0.717, 1.165) is 48.3 Å². The van der Waals surface area contributed by atoms with Gasteiger partial charge >= 0.3 is 0 Å². The number of nitrogens with two attached hydrogens (primary N) is 2. The Labute approximate surface area is 144 Å². The molecular formula is C20H28N2O2. The smallest absolute Gasteiger partial charge is 0.142 e. The lowest BCUT2D eigenvalue weighted by molar-refractivity contribution is 0.310. The third kappa shape index (κ3) is 4.82. The molecule has 0 aliphatic carbocycles. The van der Waals surface area contributed by atoms with Gasteiger partial charge in [0.1, 0.15) is 11.5 Å². The van der Waals surface area contributed by atoms with Crippen molar-refractivity contribution in [1.29, 1.82) is 0 Å². The Morgan fingerprint density at radius 2 is 1.12 bits per heavy atom. The minimum atomic E-state index is 0.657. The highest BCUT2D eigenvalue weighted by Crippen LogP contribution is 2.33. The molecule has 24 heavy (non-hydrogen) atoms. The molecule has 0 atom stereocenters. The van der Waals surface area contributed by atoms with Crippen molar-refractivity contribution in [3.8, 4) is 22.6 Å². The van der Waals surface area contributed by atoms with E-state index in [0.29, 0.717) is 24.6 Å². The highest BCUT2D eigenvalue weighted by molar-refractivity contribution is 5.73. The number of anilines is 2. The van der Waals surface area contributed by atoms with E-state index >= 15 is 0 Å². The first-order chi connectivity index (χ1) is 11.7. The van der Waals surface area contributed by atoms with E-state index in [9.17, 15) is 0 Å². The van der Waals surface area contributed by atoms with Crippen LogP contribution in [0.15, 0.2) is 36.4 Å². The number of hydrogen-bond acceptors (Lipinski definition) is 4. The van der Waals surface area contributed by atoms with E-state index in [1.165, 1.54) is 0 Å². The number of benzene rings is 2. The highest BCUT2D eigenvalue weighted by Gasteiger charge is 2.08. The van der Waals surface area contributed by atoms with E-state index in [4.69, 9.17) is 20.9 Å². The Kier molecular flexibility index (Phi) is 6.79. The summed E-state index contributed by atoms with van der Waals surface area (Å²) in [4.78, 5) is 0. The fourth-order valence-electron chi connectivity index (χ4n) is 2.33. The van der Waals surface area contributed by atoms with Crippen molar-refractivity contribution in [3.63, 3.8) is 0 Å². The lowest BCUT2D eigenvalue weighted by atomic mass is 10.0. The molecule has 4 heteroatoms. The summed E-state index contributed by atoms with van der Waals surface area (Å²) in [6, 6.07) is 11.7. The summed E-state index contributed by atoms with van der Waals surface area (Å²) < 4.78 is 11.6. The monoisotopic (exact) mass is 328 g/mol. The maximum Gasteiger partial charge on any atom is 0.142 e. The first kappa shape index (κ1) is 18.0. The third-order valence-electron chi connectivity index (χ3n) is 3.87. The second-order valence-electron chi connectivity index (χ2n) is 5.91. The largest absolute Gasteiger partial charge is 0.491 e. The summed E-state index contributed by atoms with van der Waals surface area (Å²) in [5.41, 5.74) is 15.4. The topological polar surface area (TPSA) is 70.5 Å². The molecule has 2 aromatic carbocycles. The first-order valence-corrected chi connectivity index (χ1v) is 8.70. The molecule has 0 radical (unpaired) electrons. The van der Waals surface area contributed by atoms with E-state index in [-0.39, 0.29) is 0 Å². The Hall–Kier alpha value is -2.36. The van der Waals surface area contributed by atoms with Crippen molar-refractivity contribution < 1.29 is 9.47 Å². The van der Waals surface area contributed by atoms with Gasteiger partial charge in [0.15, 0.2) is 0 Å². The normalized spacial score (nSPS) is 10.6. The van der Waals surface area contributed by atoms with E-state index < -0.39 is 0 Å². The number of hydrogen-bond donors (Lipinski definition) is 2. The van der Waals surface area contributed by atoms with Crippen LogP contribution in [0, 0.1) is 0 Å². The molecule has 0 aliphatic rings. The predicted molar refractivity (Wildman–Crippen MR) is 102 cm³/mol. The van der Waals surface area contributed by atoms with Crippen LogP contribution in [0.2, 0.25) is 0 Å². The quantitative estimate of drug-likeness (QED) is 0.508. The molecule has 0 unspecified atom stereocenters. The van der Waals surface area contributed by atoms with Gasteiger partial charge in [-0.2, -0.15) is 0 Å². The van der Waals surface area contributed by atoms with Gasteiger partial charge in [-0.25, -0.2) is 0 Å². The van der Waals surface area contributed by atoms with Crippen LogP contribution < -0.4 is 20.9 Å². The van der Waals surface area contributed by atoms with Crippen molar-refractivity contribution in [3.05, 3.63) is 36.4 Å². The third-order valence-corrected chi connectivity index (χ3v) is 3.87. The second kappa shape index (κ2) is 9.06. The van der Waals surface area contributed by atoms with Crippen LogP contribution in [0.4, 0.5) is 11.4 Å². The zero-order valence-corrected chi connectivity index (χ0v) is 14.7. The zero-order valence-electron chi connectivity index (χ0n) is 14.7. The van der Waals surface area contributed by atoms with E-state index in [1.807, 2.05) is 36.4 Å². The number of unbranched alkanes of at least 4 members (excludes halogenated alkanes) is 2. The number of rotatable bonds is 9. The minimum absolute atomic E-state index is 0.657. The molecule has 0 amide bonds. The van der Waals surface area contributed by atoms with Crippen molar-refractivity contribution in [2.45, 2.75) is 39.5 Å². The van der Waals surface area contributed by atoms with Crippen LogP contribution in [-0.4, -0.2) is 13.2 Å². The van der Waals surface area contributed by atoms with Gasteiger partial charge in [-0.15, -0.1) is 0 Å². The van der Waals surface area contributed by atoms with Crippen LogP contribution in [0.5, 0.6) is 11.5 Å². The van der Waals surface area contributed by atoms with Crippen molar-refractivity contribution in [1.82, 2.24) is 0 Å². The Morgan fingerprint density at radius 1 is 0.708 bits per heavy atom. The maximum absolute atomic E-state index is 6.02. The second-order valence-corrected chi connectivity index (χ2v) is 5.91.